The number of hydrogen-bond acceptors (Lipinski definition) is 4. The Hall–Kier alpha value is -2.68. The predicted molar refractivity (Wildman–Crippen MR) is 85.7 cm³/mol. The van der Waals surface area contributed by atoms with Crippen molar-refractivity contribution in [2.75, 3.05) is 13.7 Å². The van der Waals surface area contributed by atoms with Crippen molar-refractivity contribution in [2.24, 2.45) is 0 Å². The average Bonchev–Trinajstić information content (AvgIpc) is 2.44. The van der Waals surface area contributed by atoms with Crippen LogP contribution in [-0.4, -0.2) is 36.4 Å². The number of alkyl carbamates (subject to hydrolysis) is 1. The third-order valence-corrected chi connectivity index (χ3v) is 2.54. The quantitative estimate of drug-likeness (QED) is 0.658. The summed E-state index contributed by atoms with van der Waals surface area (Å²) in [6.07, 6.45) is -0.0763. The van der Waals surface area contributed by atoms with Crippen LogP contribution in [0.25, 0.3) is 0 Å². The largest absolute Gasteiger partial charge is 0.497 e. The zero-order valence-corrected chi connectivity index (χ0v) is 13.7. The van der Waals surface area contributed by atoms with E-state index in [9.17, 15) is 9.59 Å². The highest BCUT2D eigenvalue weighted by Crippen LogP contribution is 2.16. The highest BCUT2D eigenvalue weighted by molar-refractivity contribution is 5.88. The summed E-state index contributed by atoms with van der Waals surface area (Å²) in [6, 6.07) is 4.55. The number of carbonyl (C=O) groups excluding carboxylic acids is 1. The van der Waals surface area contributed by atoms with E-state index >= 15 is 0 Å². The molecule has 0 radical (unpaired) electrons. The van der Waals surface area contributed by atoms with Crippen molar-refractivity contribution in [1.82, 2.24) is 5.32 Å². The molecule has 0 unspecified atom stereocenters. The fraction of sp³-hybridized carbons (Fsp3) is 0.412. The number of aromatic carboxylic acids is 1. The van der Waals surface area contributed by atoms with Crippen LogP contribution < -0.4 is 10.1 Å². The average molecular weight is 319 g/mol. The maximum atomic E-state index is 11.4. The smallest absolute Gasteiger partial charge is 0.407 e. The number of carbonyl (C=O) groups is 2. The van der Waals surface area contributed by atoms with Crippen LogP contribution in [0.3, 0.4) is 0 Å². The molecule has 0 saturated heterocycles. The van der Waals surface area contributed by atoms with Gasteiger partial charge in [0, 0.05) is 18.5 Å². The Bertz CT molecular complexity index is 635. The standard InChI is InChI=1S/C17H21NO5/c1-17(2,3)23-16(21)18-8-6-5-7-12-9-13(15(19)20)11-14(10-12)22-4/h9-11H,6,8H2,1-4H3,(H,18,21)(H,19,20). The molecule has 0 heterocycles. The van der Waals surface area contributed by atoms with Gasteiger partial charge in [-0.3, -0.25) is 0 Å². The number of carboxylic acid groups (broad SMARTS) is 1. The van der Waals surface area contributed by atoms with E-state index in [1.54, 1.807) is 26.8 Å². The van der Waals surface area contributed by atoms with Crippen molar-refractivity contribution in [3.8, 4) is 17.6 Å². The summed E-state index contributed by atoms with van der Waals surface area (Å²) in [5.74, 6) is 5.11. The van der Waals surface area contributed by atoms with Crippen molar-refractivity contribution < 1.29 is 24.2 Å². The van der Waals surface area contributed by atoms with E-state index in [0.29, 0.717) is 24.3 Å². The summed E-state index contributed by atoms with van der Waals surface area (Å²) >= 11 is 0. The fourth-order valence-electron chi connectivity index (χ4n) is 1.62. The number of methoxy groups -OCH3 is 1. The molecule has 0 aliphatic heterocycles. The normalized spacial score (nSPS) is 10.3. The second-order valence-electron chi connectivity index (χ2n) is 5.74. The molecular weight excluding hydrogens is 298 g/mol. The molecule has 124 valence electrons. The Kier molecular flexibility index (Phi) is 6.46. The van der Waals surface area contributed by atoms with E-state index < -0.39 is 17.7 Å². The van der Waals surface area contributed by atoms with Gasteiger partial charge in [0.25, 0.3) is 0 Å². The number of benzene rings is 1. The molecule has 0 aliphatic rings. The summed E-state index contributed by atoms with van der Waals surface area (Å²) < 4.78 is 10.1. The second-order valence-corrected chi connectivity index (χ2v) is 5.74. The van der Waals surface area contributed by atoms with E-state index in [2.05, 4.69) is 17.2 Å². The molecule has 0 saturated carbocycles. The molecular formula is C17H21NO5. The van der Waals surface area contributed by atoms with Gasteiger partial charge in [0.15, 0.2) is 0 Å². The van der Waals surface area contributed by atoms with E-state index in [4.69, 9.17) is 14.6 Å². The van der Waals surface area contributed by atoms with Crippen LogP contribution in [0.1, 0.15) is 43.1 Å². The first-order valence-electron chi connectivity index (χ1n) is 7.09. The number of amides is 1. The van der Waals surface area contributed by atoms with Crippen molar-refractivity contribution in [3.05, 3.63) is 29.3 Å². The minimum atomic E-state index is -1.04. The summed E-state index contributed by atoms with van der Waals surface area (Å²) in [5, 5.41) is 11.6. The Morgan fingerprint density at radius 2 is 1.96 bits per heavy atom. The summed E-state index contributed by atoms with van der Waals surface area (Å²) in [7, 11) is 1.46. The van der Waals surface area contributed by atoms with Crippen molar-refractivity contribution >= 4 is 12.1 Å². The van der Waals surface area contributed by atoms with Crippen LogP contribution in [-0.2, 0) is 4.74 Å². The summed E-state index contributed by atoms with van der Waals surface area (Å²) in [6.45, 7) is 5.71. The van der Waals surface area contributed by atoms with Crippen LogP contribution in [0.5, 0.6) is 5.75 Å². The van der Waals surface area contributed by atoms with Gasteiger partial charge in [0.05, 0.1) is 12.7 Å². The predicted octanol–water partition coefficient (Wildman–Crippen LogP) is 2.66. The van der Waals surface area contributed by atoms with E-state index in [-0.39, 0.29) is 5.56 Å². The summed E-state index contributed by atoms with van der Waals surface area (Å²) in [4.78, 5) is 22.5. The Morgan fingerprint density at radius 3 is 2.52 bits per heavy atom. The minimum Gasteiger partial charge on any atom is -0.497 e. The molecule has 0 bridgehead atoms. The summed E-state index contributed by atoms with van der Waals surface area (Å²) in [5.41, 5.74) is 0.114. The Labute approximate surface area is 135 Å². The fourth-order valence-corrected chi connectivity index (χ4v) is 1.62. The molecule has 1 aromatic carbocycles. The first-order valence-corrected chi connectivity index (χ1v) is 7.09. The van der Waals surface area contributed by atoms with Gasteiger partial charge in [-0.25, -0.2) is 9.59 Å². The van der Waals surface area contributed by atoms with Gasteiger partial charge >= 0.3 is 12.1 Å². The van der Waals surface area contributed by atoms with Gasteiger partial charge in [-0.05, 0) is 39.0 Å². The molecule has 0 aliphatic carbocycles. The van der Waals surface area contributed by atoms with E-state index in [1.807, 2.05) is 0 Å². The number of rotatable bonds is 4. The van der Waals surface area contributed by atoms with Crippen LogP contribution >= 0.6 is 0 Å². The van der Waals surface area contributed by atoms with Crippen LogP contribution in [0.2, 0.25) is 0 Å². The lowest BCUT2D eigenvalue weighted by Crippen LogP contribution is -2.32. The van der Waals surface area contributed by atoms with E-state index in [1.165, 1.54) is 19.2 Å². The number of ether oxygens (including phenoxy) is 2. The van der Waals surface area contributed by atoms with Crippen LogP contribution in [0, 0.1) is 11.8 Å². The first kappa shape index (κ1) is 18.4. The first-order chi connectivity index (χ1) is 10.7. The lowest BCUT2D eigenvalue weighted by molar-refractivity contribution is 0.0528. The number of nitrogens with one attached hydrogen (secondary N) is 1. The molecule has 23 heavy (non-hydrogen) atoms. The third kappa shape index (κ3) is 7.23. The molecule has 1 rings (SSSR count). The molecule has 1 aromatic rings. The van der Waals surface area contributed by atoms with Crippen molar-refractivity contribution in [2.45, 2.75) is 32.8 Å². The van der Waals surface area contributed by atoms with Crippen LogP contribution in [0.4, 0.5) is 4.79 Å². The van der Waals surface area contributed by atoms with Gasteiger partial charge in [-0.15, -0.1) is 0 Å². The number of hydrogen-bond donors (Lipinski definition) is 2. The van der Waals surface area contributed by atoms with Crippen molar-refractivity contribution in [1.29, 1.82) is 0 Å². The highest BCUT2D eigenvalue weighted by atomic mass is 16.6. The van der Waals surface area contributed by atoms with Gasteiger partial charge in [-0.1, -0.05) is 11.8 Å². The monoisotopic (exact) mass is 319 g/mol. The SMILES string of the molecule is COc1cc(C#CCCNC(=O)OC(C)(C)C)cc(C(=O)O)c1. The topological polar surface area (TPSA) is 84.9 Å². The van der Waals surface area contributed by atoms with E-state index in [0.717, 1.165) is 0 Å². The maximum Gasteiger partial charge on any atom is 0.407 e. The lowest BCUT2D eigenvalue weighted by Gasteiger charge is -2.19. The maximum absolute atomic E-state index is 11.4. The lowest BCUT2D eigenvalue weighted by atomic mass is 10.1. The molecule has 0 fully saturated rings. The molecule has 6 heteroatoms. The Balaban J connectivity index is 2.58. The van der Waals surface area contributed by atoms with Gasteiger partial charge in [-0.2, -0.15) is 0 Å². The highest BCUT2D eigenvalue weighted by Gasteiger charge is 2.15. The molecule has 0 spiro atoms. The van der Waals surface area contributed by atoms with Gasteiger partial charge in [0.2, 0.25) is 0 Å². The minimum absolute atomic E-state index is 0.112. The molecule has 0 atom stereocenters. The molecule has 6 nitrogen and oxygen atoms in total. The van der Waals surface area contributed by atoms with Gasteiger partial charge in [0.1, 0.15) is 11.4 Å². The molecule has 2 N–H and O–H groups in total. The van der Waals surface area contributed by atoms with Gasteiger partial charge < -0.3 is 19.9 Å². The van der Waals surface area contributed by atoms with Crippen LogP contribution in [0.15, 0.2) is 18.2 Å². The zero-order valence-electron chi connectivity index (χ0n) is 13.7. The Morgan fingerprint density at radius 1 is 1.26 bits per heavy atom. The second kappa shape index (κ2) is 8.08. The van der Waals surface area contributed by atoms with Crippen molar-refractivity contribution in [3.63, 3.8) is 0 Å². The third-order valence-electron chi connectivity index (χ3n) is 2.54. The molecule has 1 amide bonds. The number of carboxylic acids is 1. The molecule has 0 aromatic heterocycles. The zero-order chi connectivity index (χ0) is 17.5.